The summed E-state index contributed by atoms with van der Waals surface area (Å²) >= 11 is 0. The minimum atomic E-state index is 0.565. The van der Waals surface area contributed by atoms with Crippen LogP contribution in [-0.4, -0.2) is 53.8 Å². The van der Waals surface area contributed by atoms with Gasteiger partial charge in [0.2, 0.25) is 5.95 Å². The van der Waals surface area contributed by atoms with E-state index in [-0.39, 0.29) is 0 Å². The number of nitrogens with zero attached hydrogens (tertiary/aromatic N) is 3. The van der Waals surface area contributed by atoms with Gasteiger partial charge in [0.1, 0.15) is 0 Å². The van der Waals surface area contributed by atoms with Crippen LogP contribution in [0.3, 0.4) is 0 Å². The molecule has 0 aliphatic carbocycles. The van der Waals surface area contributed by atoms with E-state index < -0.39 is 0 Å². The largest absolute Gasteiger partial charge is 0.383 e. The zero-order valence-electron chi connectivity index (χ0n) is 12.4. The molecule has 1 aliphatic rings. The third-order valence-corrected chi connectivity index (χ3v) is 3.75. The van der Waals surface area contributed by atoms with Gasteiger partial charge in [0.15, 0.2) is 0 Å². The van der Waals surface area contributed by atoms with Crippen LogP contribution in [0.25, 0.3) is 0 Å². The summed E-state index contributed by atoms with van der Waals surface area (Å²) in [5, 5.41) is 3.47. The van der Waals surface area contributed by atoms with Crippen LogP contribution >= 0.6 is 0 Å². The first-order valence-corrected chi connectivity index (χ1v) is 7.21. The predicted molar refractivity (Wildman–Crippen MR) is 77.6 cm³/mol. The second-order valence-corrected chi connectivity index (χ2v) is 5.37. The molecule has 1 atom stereocenters. The minimum absolute atomic E-state index is 0.565. The molecule has 0 spiro atoms. The van der Waals surface area contributed by atoms with E-state index in [1.165, 1.54) is 25.9 Å². The third-order valence-electron chi connectivity index (χ3n) is 3.75. The number of aromatic nitrogens is 2. The fraction of sp³-hybridized carbons (Fsp3) is 0.786. The molecular weight excluding hydrogens is 240 g/mol. The van der Waals surface area contributed by atoms with E-state index in [0.717, 1.165) is 24.7 Å². The van der Waals surface area contributed by atoms with Crippen LogP contribution < -0.4 is 5.32 Å². The Morgan fingerprint density at radius 1 is 1.42 bits per heavy atom. The Labute approximate surface area is 116 Å². The molecule has 0 radical (unpaired) electrons. The van der Waals surface area contributed by atoms with E-state index in [0.29, 0.717) is 12.6 Å². The topological polar surface area (TPSA) is 42.3 Å². The van der Waals surface area contributed by atoms with Gasteiger partial charge in [0.05, 0.1) is 12.3 Å². The van der Waals surface area contributed by atoms with Crippen molar-refractivity contribution < 1.29 is 4.74 Å². The number of hydrogen-bond acceptors (Lipinski definition) is 4. The van der Waals surface area contributed by atoms with Crippen molar-refractivity contribution in [2.24, 2.45) is 0 Å². The van der Waals surface area contributed by atoms with Crippen LogP contribution in [0, 0.1) is 6.92 Å². The highest BCUT2D eigenvalue weighted by Gasteiger charge is 2.18. The second kappa shape index (κ2) is 6.91. The van der Waals surface area contributed by atoms with Gasteiger partial charge < -0.3 is 14.6 Å². The fourth-order valence-corrected chi connectivity index (χ4v) is 2.60. The second-order valence-electron chi connectivity index (χ2n) is 5.37. The van der Waals surface area contributed by atoms with Crippen LogP contribution in [0.5, 0.6) is 0 Å². The maximum atomic E-state index is 5.13. The zero-order valence-corrected chi connectivity index (χ0v) is 12.4. The van der Waals surface area contributed by atoms with Crippen molar-refractivity contribution in [2.45, 2.75) is 39.3 Å². The number of anilines is 1. The molecule has 0 bridgehead atoms. The first-order chi connectivity index (χ1) is 9.20. The molecule has 5 heteroatoms. The van der Waals surface area contributed by atoms with Crippen molar-refractivity contribution in [1.29, 1.82) is 0 Å². The summed E-state index contributed by atoms with van der Waals surface area (Å²) in [5.74, 6) is 0.959. The molecule has 1 saturated heterocycles. The van der Waals surface area contributed by atoms with E-state index in [1.807, 2.05) is 6.92 Å². The Hall–Kier alpha value is -1.07. The smallest absolute Gasteiger partial charge is 0.203 e. The molecule has 5 nitrogen and oxygen atoms in total. The number of hydrogen-bond donors (Lipinski definition) is 1. The molecular formula is C14H26N4O. The summed E-state index contributed by atoms with van der Waals surface area (Å²) in [6, 6.07) is 0.565. The van der Waals surface area contributed by atoms with Gasteiger partial charge in [0, 0.05) is 32.4 Å². The molecule has 0 amide bonds. The molecule has 1 unspecified atom stereocenters. The number of methoxy groups -OCH3 is 1. The first kappa shape index (κ1) is 14.3. The molecule has 2 rings (SSSR count). The Morgan fingerprint density at radius 3 is 2.84 bits per heavy atom. The van der Waals surface area contributed by atoms with Crippen molar-refractivity contribution in [2.75, 3.05) is 38.7 Å². The van der Waals surface area contributed by atoms with Gasteiger partial charge in [-0.3, -0.25) is 4.90 Å². The Morgan fingerprint density at radius 2 is 2.16 bits per heavy atom. The van der Waals surface area contributed by atoms with Crippen LogP contribution in [-0.2, 0) is 11.3 Å². The summed E-state index contributed by atoms with van der Waals surface area (Å²) in [5.41, 5.74) is 1.05. The lowest BCUT2D eigenvalue weighted by molar-refractivity contribution is 0.187. The summed E-state index contributed by atoms with van der Waals surface area (Å²) in [7, 11) is 1.73. The molecule has 2 heterocycles. The molecule has 0 saturated carbocycles. The van der Waals surface area contributed by atoms with Crippen molar-refractivity contribution in [1.82, 2.24) is 14.5 Å². The average molecular weight is 266 g/mol. The molecule has 1 aromatic rings. The SMILES string of the molecule is COCCn1cc(C)nc1NCC(C)N1CCCC1. The minimum Gasteiger partial charge on any atom is -0.383 e. The highest BCUT2D eigenvalue weighted by Crippen LogP contribution is 2.13. The average Bonchev–Trinajstić information content (AvgIpc) is 3.03. The van der Waals surface area contributed by atoms with Gasteiger partial charge in [-0.05, 0) is 39.8 Å². The normalized spacial score (nSPS) is 17.8. The van der Waals surface area contributed by atoms with Crippen molar-refractivity contribution in [3.63, 3.8) is 0 Å². The van der Waals surface area contributed by atoms with Gasteiger partial charge in [-0.2, -0.15) is 0 Å². The first-order valence-electron chi connectivity index (χ1n) is 7.21. The van der Waals surface area contributed by atoms with Crippen molar-refractivity contribution in [3.05, 3.63) is 11.9 Å². The summed E-state index contributed by atoms with van der Waals surface area (Å²) in [6.45, 7) is 9.29. The Bertz CT molecular complexity index is 385. The van der Waals surface area contributed by atoms with Crippen LogP contribution in [0.15, 0.2) is 6.20 Å². The standard InChI is InChI=1S/C14H26N4O/c1-12-11-18(8-9-19-3)14(16-12)15-10-13(2)17-6-4-5-7-17/h11,13H,4-10H2,1-3H3,(H,15,16). The fourth-order valence-electron chi connectivity index (χ4n) is 2.60. The summed E-state index contributed by atoms with van der Waals surface area (Å²) in [4.78, 5) is 7.08. The molecule has 108 valence electrons. The lowest BCUT2D eigenvalue weighted by Gasteiger charge is -2.24. The summed E-state index contributed by atoms with van der Waals surface area (Å²) in [6.07, 6.45) is 4.75. The molecule has 1 aliphatic heterocycles. The van der Waals surface area contributed by atoms with Crippen molar-refractivity contribution in [3.8, 4) is 0 Å². The number of nitrogens with one attached hydrogen (secondary N) is 1. The van der Waals surface area contributed by atoms with Gasteiger partial charge in [-0.25, -0.2) is 4.98 Å². The van der Waals surface area contributed by atoms with E-state index in [2.05, 4.69) is 32.9 Å². The molecule has 1 aromatic heterocycles. The van der Waals surface area contributed by atoms with Crippen LogP contribution in [0.2, 0.25) is 0 Å². The highest BCUT2D eigenvalue weighted by molar-refractivity contribution is 5.29. The molecule has 0 aromatic carbocycles. The quantitative estimate of drug-likeness (QED) is 0.816. The Kier molecular flexibility index (Phi) is 5.22. The summed E-state index contributed by atoms with van der Waals surface area (Å²) < 4.78 is 7.27. The van der Waals surface area contributed by atoms with Crippen LogP contribution in [0.4, 0.5) is 5.95 Å². The molecule has 19 heavy (non-hydrogen) atoms. The van der Waals surface area contributed by atoms with E-state index in [9.17, 15) is 0 Å². The lowest BCUT2D eigenvalue weighted by atomic mass is 10.3. The molecule has 1 fully saturated rings. The van der Waals surface area contributed by atoms with Gasteiger partial charge >= 0.3 is 0 Å². The van der Waals surface area contributed by atoms with Gasteiger partial charge in [-0.15, -0.1) is 0 Å². The number of likely N-dealkylation sites (tertiary alicyclic amines) is 1. The van der Waals surface area contributed by atoms with Gasteiger partial charge in [-0.1, -0.05) is 0 Å². The Balaban J connectivity index is 1.87. The van der Waals surface area contributed by atoms with E-state index >= 15 is 0 Å². The lowest BCUT2D eigenvalue weighted by Crippen LogP contribution is -2.36. The zero-order chi connectivity index (χ0) is 13.7. The van der Waals surface area contributed by atoms with E-state index in [1.54, 1.807) is 7.11 Å². The van der Waals surface area contributed by atoms with Crippen LogP contribution in [0.1, 0.15) is 25.5 Å². The maximum Gasteiger partial charge on any atom is 0.203 e. The third kappa shape index (κ3) is 3.94. The highest BCUT2D eigenvalue weighted by atomic mass is 16.5. The predicted octanol–water partition coefficient (Wildman–Crippen LogP) is 1.73. The number of ether oxygens (including phenoxy) is 1. The maximum absolute atomic E-state index is 5.13. The van der Waals surface area contributed by atoms with Gasteiger partial charge in [0.25, 0.3) is 0 Å². The monoisotopic (exact) mass is 266 g/mol. The number of aryl methyl sites for hydroxylation is 1. The molecule has 1 N–H and O–H groups in total. The number of imidazole rings is 1. The number of rotatable bonds is 7. The van der Waals surface area contributed by atoms with Crippen molar-refractivity contribution >= 4 is 5.95 Å². The van der Waals surface area contributed by atoms with E-state index in [4.69, 9.17) is 4.74 Å².